The zero-order valence-corrected chi connectivity index (χ0v) is 22.0. The second-order valence-electron chi connectivity index (χ2n) is 8.93. The molecule has 2 aliphatic rings. The van der Waals surface area contributed by atoms with Crippen LogP contribution in [0.15, 0.2) is 63.0 Å². The van der Waals surface area contributed by atoms with Crippen molar-refractivity contribution in [3.8, 4) is 5.75 Å². The minimum absolute atomic E-state index is 0.0353. The molecule has 0 radical (unpaired) electrons. The van der Waals surface area contributed by atoms with Gasteiger partial charge in [-0.25, -0.2) is 30.3 Å². The molecule has 0 bridgehead atoms. The Kier molecular flexibility index (Phi) is 6.65. The van der Waals surface area contributed by atoms with E-state index in [9.17, 15) is 21.2 Å². The van der Waals surface area contributed by atoms with E-state index in [1.54, 1.807) is 11.4 Å². The summed E-state index contributed by atoms with van der Waals surface area (Å²) in [5.74, 6) is -3.48. The lowest BCUT2D eigenvalue weighted by Gasteiger charge is -2.50. The number of hydrogen-bond donors (Lipinski definition) is 1. The quantitative estimate of drug-likeness (QED) is 0.441. The fourth-order valence-electron chi connectivity index (χ4n) is 5.46. The first-order valence-electron chi connectivity index (χ1n) is 11.2. The van der Waals surface area contributed by atoms with Crippen molar-refractivity contribution in [1.29, 1.82) is 0 Å². The van der Waals surface area contributed by atoms with Gasteiger partial charge in [-0.1, -0.05) is 24.1 Å². The van der Waals surface area contributed by atoms with E-state index < -0.39 is 53.8 Å². The number of fused-ring (bicyclic) bond motifs is 3. The summed E-state index contributed by atoms with van der Waals surface area (Å²) in [5.41, 5.74) is -0.334. The average Bonchev–Trinajstić information content (AvgIpc) is 3.41. The lowest BCUT2D eigenvalue weighted by molar-refractivity contribution is 0.0771. The number of hydrogen-bond acceptors (Lipinski definition) is 6. The van der Waals surface area contributed by atoms with E-state index in [-0.39, 0.29) is 34.2 Å². The lowest BCUT2D eigenvalue weighted by atomic mass is 9.67. The minimum atomic E-state index is -4.30. The zero-order valence-electron chi connectivity index (χ0n) is 18.8. The van der Waals surface area contributed by atoms with Crippen molar-refractivity contribution < 1.29 is 30.4 Å². The van der Waals surface area contributed by atoms with Gasteiger partial charge in [0, 0.05) is 17.5 Å². The summed E-state index contributed by atoms with van der Waals surface area (Å²) in [6.07, 6.45) is 0.892. The molecule has 1 fully saturated rings. The van der Waals surface area contributed by atoms with Crippen LogP contribution in [0.3, 0.4) is 0 Å². The van der Waals surface area contributed by atoms with Crippen molar-refractivity contribution in [1.82, 2.24) is 4.72 Å². The van der Waals surface area contributed by atoms with Crippen LogP contribution < -0.4 is 9.46 Å². The highest BCUT2D eigenvalue weighted by molar-refractivity contribution is 7.92. The van der Waals surface area contributed by atoms with Crippen LogP contribution in [0, 0.1) is 23.5 Å². The van der Waals surface area contributed by atoms with Crippen LogP contribution in [-0.4, -0.2) is 30.0 Å². The van der Waals surface area contributed by atoms with Crippen molar-refractivity contribution in [2.24, 2.45) is 11.8 Å². The summed E-state index contributed by atoms with van der Waals surface area (Å²) in [7, 11) is -8.12. The van der Waals surface area contributed by atoms with Crippen molar-refractivity contribution in [2.75, 3.05) is 13.2 Å². The Morgan fingerprint density at radius 1 is 1.06 bits per heavy atom. The molecule has 0 spiro atoms. The summed E-state index contributed by atoms with van der Waals surface area (Å²) in [5, 5.41) is 1.97. The highest BCUT2D eigenvalue weighted by atomic mass is 35.5. The van der Waals surface area contributed by atoms with Crippen molar-refractivity contribution in [3.05, 3.63) is 76.1 Å². The van der Waals surface area contributed by atoms with Gasteiger partial charge in [-0.3, -0.25) is 0 Å². The molecule has 1 aliphatic heterocycles. The molecule has 3 atom stereocenters. The number of ether oxygens (including phenoxy) is 1. The van der Waals surface area contributed by atoms with Gasteiger partial charge in [-0.2, -0.15) is 0 Å². The number of benzene rings is 2. The number of halogens is 3. The summed E-state index contributed by atoms with van der Waals surface area (Å²) < 4.78 is 90.8. The average molecular weight is 574 g/mol. The molecule has 12 heteroatoms. The largest absolute Gasteiger partial charge is 0.490 e. The maximum atomic E-state index is 15.4. The number of sulfone groups is 1. The molecule has 1 aromatic heterocycles. The molecule has 2 heterocycles. The maximum Gasteiger partial charge on any atom is 0.250 e. The lowest BCUT2D eigenvalue weighted by Crippen LogP contribution is -2.55. The molecule has 1 N–H and O–H groups in total. The van der Waals surface area contributed by atoms with Gasteiger partial charge in [0.1, 0.15) is 14.8 Å². The number of thiophene rings is 1. The molecule has 36 heavy (non-hydrogen) atoms. The Labute approximate surface area is 217 Å². The van der Waals surface area contributed by atoms with E-state index in [0.29, 0.717) is 17.9 Å². The highest BCUT2D eigenvalue weighted by Gasteiger charge is 2.60. The van der Waals surface area contributed by atoms with E-state index in [1.807, 2.05) is 0 Å². The third kappa shape index (κ3) is 4.05. The van der Waals surface area contributed by atoms with E-state index in [1.165, 1.54) is 30.3 Å². The predicted molar refractivity (Wildman–Crippen MR) is 133 cm³/mol. The first-order valence-corrected chi connectivity index (χ1v) is 15.4. The molecule has 3 aromatic rings. The summed E-state index contributed by atoms with van der Waals surface area (Å²) in [6.45, 7) is -0.274. The minimum Gasteiger partial charge on any atom is -0.490 e. The highest BCUT2D eigenvalue weighted by Crippen LogP contribution is 2.58. The van der Waals surface area contributed by atoms with E-state index in [2.05, 4.69) is 4.72 Å². The van der Waals surface area contributed by atoms with Crippen LogP contribution in [0.5, 0.6) is 5.75 Å². The first-order chi connectivity index (χ1) is 17.1. The maximum absolute atomic E-state index is 15.4. The fourth-order valence-corrected chi connectivity index (χ4v) is 10.2. The summed E-state index contributed by atoms with van der Waals surface area (Å²) in [6, 6.07) is 10.5. The molecule has 192 valence electrons. The molecule has 6 nitrogen and oxygen atoms in total. The van der Waals surface area contributed by atoms with Crippen molar-refractivity contribution in [2.45, 2.75) is 33.1 Å². The summed E-state index contributed by atoms with van der Waals surface area (Å²) >= 11 is 7.03. The van der Waals surface area contributed by atoms with Gasteiger partial charge >= 0.3 is 0 Å². The van der Waals surface area contributed by atoms with Gasteiger partial charge in [-0.05, 0) is 66.6 Å². The molecule has 0 amide bonds. The van der Waals surface area contributed by atoms with Gasteiger partial charge in [0.2, 0.25) is 10.0 Å². The van der Waals surface area contributed by atoms with Gasteiger partial charge in [0.05, 0.1) is 17.1 Å². The third-order valence-corrected chi connectivity index (χ3v) is 12.7. The van der Waals surface area contributed by atoms with E-state index >= 15 is 4.39 Å². The van der Waals surface area contributed by atoms with E-state index in [0.717, 1.165) is 23.5 Å². The van der Waals surface area contributed by atoms with Crippen LogP contribution in [0.1, 0.15) is 24.8 Å². The second-order valence-corrected chi connectivity index (χ2v) is 14.5. The van der Waals surface area contributed by atoms with Gasteiger partial charge < -0.3 is 4.74 Å². The SMILES string of the molecule is O=S(=O)(NC[C@@H]1CCC[C@@]2(S(=O)(=O)c3ccc(Cl)cc3)c3c(F)ccc(F)c3OC[C@@H]12)c1cccs1. The molecule has 0 unspecified atom stereocenters. The topological polar surface area (TPSA) is 89.5 Å². The van der Waals surface area contributed by atoms with Crippen molar-refractivity contribution >= 4 is 42.8 Å². The molecular formula is C24H22ClF2NO5S3. The normalized spacial score (nSPS) is 24.0. The second kappa shape index (κ2) is 9.36. The predicted octanol–water partition coefficient (Wildman–Crippen LogP) is 5.14. The Bertz CT molecular complexity index is 1500. The Morgan fingerprint density at radius 2 is 1.78 bits per heavy atom. The Balaban J connectivity index is 1.63. The zero-order chi connectivity index (χ0) is 25.7. The van der Waals surface area contributed by atoms with E-state index in [4.69, 9.17) is 16.3 Å². The molecule has 1 saturated carbocycles. The molecule has 5 rings (SSSR count). The summed E-state index contributed by atoms with van der Waals surface area (Å²) in [4.78, 5) is -0.0757. The molecule has 0 saturated heterocycles. The van der Waals surface area contributed by atoms with Crippen molar-refractivity contribution in [3.63, 3.8) is 0 Å². The number of rotatable bonds is 6. The third-order valence-electron chi connectivity index (χ3n) is 7.08. The molecule has 2 aromatic carbocycles. The number of sulfonamides is 1. The molecule has 1 aliphatic carbocycles. The van der Waals surface area contributed by atoms with Crippen LogP contribution in [0.25, 0.3) is 0 Å². The monoisotopic (exact) mass is 573 g/mol. The smallest absolute Gasteiger partial charge is 0.250 e. The Hall–Kier alpha value is -2.05. The first kappa shape index (κ1) is 25.6. The number of nitrogens with one attached hydrogen (secondary N) is 1. The van der Waals surface area contributed by atoms with Crippen LogP contribution >= 0.6 is 22.9 Å². The molecular weight excluding hydrogens is 552 g/mol. The van der Waals surface area contributed by atoms with Gasteiger partial charge in [-0.15, -0.1) is 11.3 Å². The standard InChI is InChI=1S/C24H22ClF2NO5S3/c25-16-5-7-17(8-6-16)35(29,30)24-11-1-3-15(13-28-36(31,32)21-4-2-12-34-21)18(24)14-33-23-20(27)10-9-19(26)22(23)24/h2,4-10,12,15,18,28H,1,3,11,13-14H2/t15-,18-,24-/m0/s1. The van der Waals surface area contributed by atoms with Crippen LogP contribution in [-0.2, 0) is 24.6 Å². The Morgan fingerprint density at radius 3 is 2.47 bits per heavy atom. The van der Waals surface area contributed by atoms with Gasteiger partial charge in [0.25, 0.3) is 0 Å². The fraction of sp³-hybridized carbons (Fsp3) is 0.333. The van der Waals surface area contributed by atoms with Crippen LogP contribution in [0.2, 0.25) is 5.02 Å². The van der Waals surface area contributed by atoms with Crippen LogP contribution in [0.4, 0.5) is 8.78 Å². The van der Waals surface area contributed by atoms with Gasteiger partial charge in [0.15, 0.2) is 21.4 Å².